The Hall–Kier alpha value is -1.38. The van der Waals surface area contributed by atoms with E-state index in [1.54, 1.807) is 14.2 Å². The summed E-state index contributed by atoms with van der Waals surface area (Å²) in [6.07, 6.45) is 0. The minimum atomic E-state index is 0.751. The Kier molecular flexibility index (Phi) is 13.4. The summed E-state index contributed by atoms with van der Waals surface area (Å²) in [7, 11) is 3.26. The monoisotopic (exact) mass is 241 g/mol. The predicted octanol–water partition coefficient (Wildman–Crippen LogP) is 4.19. The zero-order valence-electron chi connectivity index (χ0n) is 12.3. The molecule has 0 bridgehead atoms. The highest BCUT2D eigenvalue weighted by molar-refractivity contribution is 5.54. The Balaban J connectivity index is 0. The highest BCUT2D eigenvalue weighted by atomic mass is 16.5. The molecule has 0 saturated heterocycles. The summed E-state index contributed by atoms with van der Waals surface area (Å²) in [5.41, 5.74) is 1.04. The van der Waals surface area contributed by atoms with E-state index in [4.69, 9.17) is 9.47 Å². The standard InChI is InChI=1S/C10H15NO2.2C2H6/c1-4-11-8-5-6-9(12-2)10(7-8)13-3;2*1-2/h5-7,11H,4H2,1-3H3;2*1-2H3. The molecule has 0 saturated carbocycles. The van der Waals surface area contributed by atoms with Crippen LogP contribution in [0.3, 0.4) is 0 Å². The molecule has 0 aliphatic heterocycles. The fraction of sp³-hybridized carbons (Fsp3) is 0.571. The van der Waals surface area contributed by atoms with Gasteiger partial charge in [0.1, 0.15) is 0 Å². The molecule has 0 atom stereocenters. The maximum absolute atomic E-state index is 5.16. The van der Waals surface area contributed by atoms with Gasteiger partial charge in [0.25, 0.3) is 0 Å². The average molecular weight is 241 g/mol. The zero-order valence-corrected chi connectivity index (χ0v) is 12.3. The van der Waals surface area contributed by atoms with Crippen molar-refractivity contribution in [2.75, 3.05) is 26.1 Å². The molecule has 3 heteroatoms. The van der Waals surface area contributed by atoms with Crippen LogP contribution in [-0.4, -0.2) is 20.8 Å². The smallest absolute Gasteiger partial charge is 0.162 e. The fourth-order valence-corrected chi connectivity index (χ4v) is 1.15. The Labute approximate surface area is 106 Å². The van der Waals surface area contributed by atoms with E-state index < -0.39 is 0 Å². The quantitative estimate of drug-likeness (QED) is 0.857. The summed E-state index contributed by atoms with van der Waals surface area (Å²) in [5.74, 6) is 1.50. The first-order valence-electron chi connectivity index (χ1n) is 6.27. The van der Waals surface area contributed by atoms with Crippen LogP contribution >= 0.6 is 0 Å². The SMILES string of the molecule is CC.CC.CCNc1ccc(OC)c(OC)c1. The molecule has 0 heterocycles. The van der Waals surface area contributed by atoms with Gasteiger partial charge in [-0.3, -0.25) is 0 Å². The molecule has 1 N–H and O–H groups in total. The lowest BCUT2D eigenvalue weighted by molar-refractivity contribution is 0.355. The Morgan fingerprint density at radius 2 is 1.47 bits per heavy atom. The fourth-order valence-electron chi connectivity index (χ4n) is 1.15. The first kappa shape index (κ1) is 18.0. The summed E-state index contributed by atoms with van der Waals surface area (Å²) in [6, 6.07) is 5.77. The third-order valence-corrected chi connectivity index (χ3v) is 1.76. The van der Waals surface area contributed by atoms with Gasteiger partial charge in [0.05, 0.1) is 14.2 Å². The van der Waals surface area contributed by atoms with Crippen molar-refractivity contribution < 1.29 is 9.47 Å². The highest BCUT2D eigenvalue weighted by Gasteiger charge is 2.02. The Morgan fingerprint density at radius 3 is 1.88 bits per heavy atom. The van der Waals surface area contributed by atoms with Crippen molar-refractivity contribution in [3.05, 3.63) is 18.2 Å². The Bertz CT molecular complexity index is 275. The van der Waals surface area contributed by atoms with Crippen molar-refractivity contribution >= 4 is 5.69 Å². The molecule has 0 amide bonds. The lowest BCUT2D eigenvalue weighted by Crippen LogP contribution is -1.97. The van der Waals surface area contributed by atoms with Crippen LogP contribution in [0.5, 0.6) is 11.5 Å². The zero-order chi connectivity index (χ0) is 13.7. The molecule has 1 aromatic rings. The van der Waals surface area contributed by atoms with Crippen LogP contribution in [-0.2, 0) is 0 Å². The van der Waals surface area contributed by atoms with Gasteiger partial charge in [0, 0.05) is 18.3 Å². The van der Waals surface area contributed by atoms with E-state index in [9.17, 15) is 0 Å². The topological polar surface area (TPSA) is 30.5 Å². The lowest BCUT2D eigenvalue weighted by atomic mass is 10.2. The van der Waals surface area contributed by atoms with Gasteiger partial charge in [0.2, 0.25) is 0 Å². The number of hydrogen-bond acceptors (Lipinski definition) is 3. The minimum absolute atomic E-state index is 0.751. The first-order valence-corrected chi connectivity index (χ1v) is 6.27. The van der Waals surface area contributed by atoms with Crippen molar-refractivity contribution in [3.63, 3.8) is 0 Å². The van der Waals surface area contributed by atoms with Crippen LogP contribution < -0.4 is 14.8 Å². The van der Waals surface area contributed by atoms with Crippen molar-refractivity contribution in [3.8, 4) is 11.5 Å². The molecule has 0 radical (unpaired) electrons. The van der Waals surface area contributed by atoms with Gasteiger partial charge >= 0.3 is 0 Å². The van der Waals surface area contributed by atoms with Crippen LogP contribution in [0.2, 0.25) is 0 Å². The van der Waals surface area contributed by atoms with E-state index in [-0.39, 0.29) is 0 Å². The van der Waals surface area contributed by atoms with Crippen LogP contribution in [0.1, 0.15) is 34.6 Å². The number of methoxy groups -OCH3 is 2. The van der Waals surface area contributed by atoms with E-state index in [0.29, 0.717) is 0 Å². The summed E-state index contributed by atoms with van der Waals surface area (Å²) < 4.78 is 10.3. The van der Waals surface area contributed by atoms with Crippen molar-refractivity contribution in [2.45, 2.75) is 34.6 Å². The van der Waals surface area contributed by atoms with Gasteiger partial charge in [-0.15, -0.1) is 0 Å². The highest BCUT2D eigenvalue weighted by Crippen LogP contribution is 2.29. The van der Waals surface area contributed by atoms with Crippen LogP contribution in [0.4, 0.5) is 5.69 Å². The number of hydrogen-bond donors (Lipinski definition) is 1. The van der Waals surface area contributed by atoms with Crippen LogP contribution in [0.15, 0.2) is 18.2 Å². The molecular formula is C14H27NO2. The molecule has 0 spiro atoms. The third kappa shape index (κ3) is 6.72. The average Bonchev–Trinajstić information content (AvgIpc) is 2.43. The summed E-state index contributed by atoms with van der Waals surface area (Å²) in [6.45, 7) is 11.0. The molecule has 0 aromatic heterocycles. The summed E-state index contributed by atoms with van der Waals surface area (Å²) in [5, 5.41) is 3.20. The molecule has 0 aliphatic rings. The third-order valence-electron chi connectivity index (χ3n) is 1.76. The second-order valence-electron chi connectivity index (χ2n) is 2.60. The number of rotatable bonds is 4. The molecular weight excluding hydrogens is 214 g/mol. The number of anilines is 1. The number of ether oxygens (including phenoxy) is 2. The normalized spacial score (nSPS) is 7.94. The molecule has 0 unspecified atom stereocenters. The minimum Gasteiger partial charge on any atom is -0.493 e. The Morgan fingerprint density at radius 1 is 0.941 bits per heavy atom. The van der Waals surface area contributed by atoms with Gasteiger partial charge in [-0.1, -0.05) is 27.7 Å². The lowest BCUT2D eigenvalue weighted by Gasteiger charge is -2.09. The van der Waals surface area contributed by atoms with Crippen LogP contribution in [0, 0.1) is 0 Å². The van der Waals surface area contributed by atoms with Gasteiger partial charge < -0.3 is 14.8 Å². The molecule has 1 rings (SSSR count). The van der Waals surface area contributed by atoms with Gasteiger partial charge in [0.15, 0.2) is 11.5 Å². The second-order valence-corrected chi connectivity index (χ2v) is 2.60. The summed E-state index contributed by atoms with van der Waals surface area (Å²) >= 11 is 0. The van der Waals surface area contributed by atoms with E-state index in [2.05, 4.69) is 12.2 Å². The first-order chi connectivity index (χ1) is 8.31. The maximum Gasteiger partial charge on any atom is 0.162 e. The van der Waals surface area contributed by atoms with E-state index in [1.165, 1.54) is 0 Å². The number of nitrogens with one attached hydrogen (secondary N) is 1. The molecule has 3 nitrogen and oxygen atoms in total. The molecule has 17 heavy (non-hydrogen) atoms. The van der Waals surface area contributed by atoms with Gasteiger partial charge in [-0.2, -0.15) is 0 Å². The van der Waals surface area contributed by atoms with E-state index in [0.717, 1.165) is 23.7 Å². The molecule has 100 valence electrons. The molecule has 0 aliphatic carbocycles. The van der Waals surface area contributed by atoms with Crippen molar-refractivity contribution in [1.82, 2.24) is 0 Å². The van der Waals surface area contributed by atoms with E-state index >= 15 is 0 Å². The van der Waals surface area contributed by atoms with Gasteiger partial charge in [-0.05, 0) is 19.1 Å². The van der Waals surface area contributed by atoms with Crippen molar-refractivity contribution in [1.29, 1.82) is 0 Å². The molecule has 1 aromatic carbocycles. The summed E-state index contributed by atoms with van der Waals surface area (Å²) in [4.78, 5) is 0. The van der Waals surface area contributed by atoms with Crippen LogP contribution in [0.25, 0.3) is 0 Å². The second kappa shape index (κ2) is 12.7. The number of benzene rings is 1. The largest absolute Gasteiger partial charge is 0.493 e. The van der Waals surface area contributed by atoms with Gasteiger partial charge in [-0.25, -0.2) is 0 Å². The molecule has 0 fully saturated rings. The maximum atomic E-state index is 5.16. The predicted molar refractivity (Wildman–Crippen MR) is 76.4 cm³/mol. The van der Waals surface area contributed by atoms with E-state index in [1.807, 2.05) is 45.9 Å². The van der Waals surface area contributed by atoms with Crippen molar-refractivity contribution in [2.24, 2.45) is 0 Å².